The van der Waals surface area contributed by atoms with Gasteiger partial charge in [-0.1, -0.05) is 50.2 Å². The van der Waals surface area contributed by atoms with Crippen LogP contribution < -0.4 is 0 Å². The Morgan fingerprint density at radius 3 is 1.47 bits per heavy atom. The third-order valence-electron chi connectivity index (χ3n) is 3.44. The van der Waals surface area contributed by atoms with Gasteiger partial charge >= 0.3 is 0 Å². The first-order valence-electron chi connectivity index (χ1n) is 6.10. The summed E-state index contributed by atoms with van der Waals surface area (Å²) in [5, 5.41) is 18.5. The fourth-order valence-corrected chi connectivity index (χ4v) is 2.40. The molecule has 0 saturated carbocycles. The predicted octanol–water partition coefficient (Wildman–Crippen LogP) is 3.76. The van der Waals surface area contributed by atoms with Crippen molar-refractivity contribution in [1.29, 1.82) is 10.5 Å². The largest absolute Gasteiger partial charge is 0.192 e. The zero-order valence-corrected chi connectivity index (χ0v) is 11.0. The van der Waals surface area contributed by atoms with Crippen molar-refractivity contribution in [3.05, 3.63) is 70.8 Å². The van der Waals surface area contributed by atoms with Crippen molar-refractivity contribution in [3.8, 4) is 12.1 Å². The molecule has 2 aromatic rings. The lowest BCUT2D eigenvalue weighted by molar-refractivity contribution is 0.637. The summed E-state index contributed by atoms with van der Waals surface area (Å²) in [5.74, 6) is 0. The maximum Gasteiger partial charge on any atom is 0.0994 e. The molecule has 2 nitrogen and oxygen atoms in total. The lowest BCUT2D eigenvalue weighted by atomic mass is 9.74. The highest BCUT2D eigenvalue weighted by atomic mass is 14.3. The molecule has 2 heteroatoms. The Kier molecular flexibility index (Phi) is 3.36. The van der Waals surface area contributed by atoms with E-state index in [2.05, 4.69) is 12.1 Å². The molecule has 0 unspecified atom stereocenters. The zero-order chi connectivity index (χ0) is 13.9. The van der Waals surface area contributed by atoms with E-state index >= 15 is 0 Å². The minimum absolute atomic E-state index is 0.376. The normalized spacial score (nSPS) is 10.5. The second-order valence-corrected chi connectivity index (χ2v) is 4.94. The molecule has 0 heterocycles. The van der Waals surface area contributed by atoms with Crippen LogP contribution in [0, 0.1) is 22.7 Å². The van der Waals surface area contributed by atoms with Gasteiger partial charge in [-0.3, -0.25) is 0 Å². The Balaban J connectivity index is 2.67. The van der Waals surface area contributed by atoms with E-state index in [1.54, 1.807) is 0 Å². The molecule has 0 aliphatic carbocycles. The van der Waals surface area contributed by atoms with E-state index in [1.165, 1.54) is 0 Å². The van der Waals surface area contributed by atoms with Crippen LogP contribution in [0.2, 0.25) is 0 Å². The van der Waals surface area contributed by atoms with E-state index < -0.39 is 0 Å². The summed E-state index contributed by atoms with van der Waals surface area (Å²) in [6, 6.07) is 19.5. The van der Waals surface area contributed by atoms with Gasteiger partial charge < -0.3 is 0 Å². The van der Waals surface area contributed by atoms with Gasteiger partial charge in [-0.15, -0.1) is 0 Å². The topological polar surface area (TPSA) is 47.6 Å². The fourth-order valence-electron chi connectivity index (χ4n) is 2.40. The van der Waals surface area contributed by atoms with Crippen molar-refractivity contribution in [2.75, 3.05) is 0 Å². The Labute approximate surface area is 113 Å². The Bertz CT molecular complexity index is 625. The van der Waals surface area contributed by atoms with E-state index in [4.69, 9.17) is 0 Å². The maximum absolute atomic E-state index is 9.24. The fraction of sp³-hybridized carbons (Fsp3) is 0.176. The van der Waals surface area contributed by atoms with E-state index in [0.717, 1.165) is 11.1 Å². The van der Waals surface area contributed by atoms with E-state index in [9.17, 15) is 10.5 Å². The number of hydrogen-bond acceptors (Lipinski definition) is 2. The van der Waals surface area contributed by atoms with E-state index in [0.29, 0.717) is 11.1 Å². The first kappa shape index (κ1) is 12.9. The second kappa shape index (κ2) is 4.96. The molecule has 0 radical (unpaired) electrons. The Hall–Kier alpha value is -2.58. The SMILES string of the molecule is CC(C)(c1ccccc1C#N)c1ccccc1C#N. The van der Waals surface area contributed by atoms with Gasteiger partial charge in [-0.25, -0.2) is 0 Å². The van der Waals surface area contributed by atoms with Crippen LogP contribution >= 0.6 is 0 Å². The average molecular weight is 246 g/mol. The molecular weight excluding hydrogens is 232 g/mol. The summed E-state index contributed by atoms with van der Waals surface area (Å²) in [5.41, 5.74) is 2.82. The summed E-state index contributed by atoms with van der Waals surface area (Å²) in [6.45, 7) is 4.08. The second-order valence-electron chi connectivity index (χ2n) is 4.94. The first-order valence-corrected chi connectivity index (χ1v) is 6.10. The van der Waals surface area contributed by atoms with Gasteiger partial charge in [0, 0.05) is 5.41 Å². The van der Waals surface area contributed by atoms with Crippen LogP contribution in [0.4, 0.5) is 0 Å². The molecule has 0 N–H and O–H groups in total. The summed E-state index contributed by atoms with van der Waals surface area (Å²) in [6.07, 6.45) is 0. The number of hydrogen-bond donors (Lipinski definition) is 0. The van der Waals surface area contributed by atoms with Gasteiger partial charge in [0.1, 0.15) is 0 Å². The molecule has 0 amide bonds. The van der Waals surface area contributed by atoms with Crippen LogP contribution in [0.5, 0.6) is 0 Å². The third-order valence-corrected chi connectivity index (χ3v) is 3.44. The molecule has 2 rings (SSSR count). The van der Waals surface area contributed by atoms with Gasteiger partial charge in [0.2, 0.25) is 0 Å². The molecule has 0 fully saturated rings. The summed E-state index contributed by atoms with van der Waals surface area (Å²) < 4.78 is 0. The van der Waals surface area contributed by atoms with Crippen LogP contribution in [0.3, 0.4) is 0 Å². The summed E-state index contributed by atoms with van der Waals surface area (Å²) >= 11 is 0. The number of nitrogens with zero attached hydrogens (tertiary/aromatic N) is 2. The number of nitriles is 2. The van der Waals surface area contributed by atoms with Crippen LogP contribution in [0.1, 0.15) is 36.1 Å². The Morgan fingerprint density at radius 2 is 1.11 bits per heavy atom. The first-order chi connectivity index (χ1) is 9.11. The minimum Gasteiger partial charge on any atom is -0.192 e. The average Bonchev–Trinajstić information content (AvgIpc) is 2.47. The smallest absolute Gasteiger partial charge is 0.0994 e. The van der Waals surface area contributed by atoms with Crippen LogP contribution in [-0.2, 0) is 5.41 Å². The molecule has 0 saturated heterocycles. The van der Waals surface area contributed by atoms with E-state index in [1.807, 2.05) is 62.4 Å². The highest BCUT2D eigenvalue weighted by Crippen LogP contribution is 2.35. The number of rotatable bonds is 2. The predicted molar refractivity (Wildman–Crippen MR) is 74.4 cm³/mol. The van der Waals surface area contributed by atoms with Crippen molar-refractivity contribution >= 4 is 0 Å². The monoisotopic (exact) mass is 246 g/mol. The molecule has 2 aromatic carbocycles. The Morgan fingerprint density at radius 1 is 0.737 bits per heavy atom. The molecule has 0 atom stereocenters. The quantitative estimate of drug-likeness (QED) is 0.810. The number of benzene rings is 2. The highest BCUT2D eigenvalue weighted by Gasteiger charge is 2.27. The highest BCUT2D eigenvalue weighted by molar-refractivity contribution is 5.52. The van der Waals surface area contributed by atoms with Crippen molar-refractivity contribution in [1.82, 2.24) is 0 Å². The molecular formula is C17H14N2. The molecule has 0 spiro atoms. The lowest BCUT2D eigenvalue weighted by Crippen LogP contribution is -2.21. The third kappa shape index (κ3) is 2.21. The van der Waals surface area contributed by atoms with Crippen molar-refractivity contribution in [2.24, 2.45) is 0 Å². The minimum atomic E-state index is -0.376. The molecule has 0 aliphatic rings. The molecule has 0 aromatic heterocycles. The van der Waals surface area contributed by atoms with Crippen molar-refractivity contribution < 1.29 is 0 Å². The van der Waals surface area contributed by atoms with Gasteiger partial charge in [0.25, 0.3) is 0 Å². The zero-order valence-electron chi connectivity index (χ0n) is 11.0. The van der Waals surface area contributed by atoms with Gasteiger partial charge in [-0.05, 0) is 23.3 Å². The maximum atomic E-state index is 9.24. The van der Waals surface area contributed by atoms with Crippen molar-refractivity contribution in [2.45, 2.75) is 19.3 Å². The molecule has 92 valence electrons. The lowest BCUT2D eigenvalue weighted by Gasteiger charge is -2.27. The van der Waals surface area contributed by atoms with Gasteiger partial charge in [-0.2, -0.15) is 10.5 Å². The standard InChI is InChI=1S/C17H14N2/c1-17(2,15-9-5-3-7-13(15)11-18)16-10-6-4-8-14(16)12-19/h3-10H,1-2H3. The van der Waals surface area contributed by atoms with Crippen LogP contribution in [0.15, 0.2) is 48.5 Å². The molecule has 0 bridgehead atoms. The van der Waals surface area contributed by atoms with Crippen LogP contribution in [-0.4, -0.2) is 0 Å². The van der Waals surface area contributed by atoms with Gasteiger partial charge in [0.05, 0.1) is 23.3 Å². The van der Waals surface area contributed by atoms with E-state index in [-0.39, 0.29) is 5.41 Å². The van der Waals surface area contributed by atoms with Crippen molar-refractivity contribution in [3.63, 3.8) is 0 Å². The summed E-state index contributed by atoms with van der Waals surface area (Å²) in [4.78, 5) is 0. The summed E-state index contributed by atoms with van der Waals surface area (Å²) in [7, 11) is 0. The van der Waals surface area contributed by atoms with Gasteiger partial charge in [0.15, 0.2) is 0 Å². The van der Waals surface area contributed by atoms with Crippen LogP contribution in [0.25, 0.3) is 0 Å². The molecule has 0 aliphatic heterocycles. The molecule has 19 heavy (non-hydrogen) atoms.